The van der Waals surface area contributed by atoms with E-state index in [9.17, 15) is 31.5 Å². The smallest absolute Gasteiger partial charge is 0.347 e. The van der Waals surface area contributed by atoms with Crippen LogP contribution in [0.1, 0.15) is 105 Å². The lowest BCUT2D eigenvalue weighted by atomic mass is 9.81. The zero-order valence-electron chi connectivity index (χ0n) is 23.7. The predicted molar refractivity (Wildman–Crippen MR) is 142 cm³/mol. The van der Waals surface area contributed by atoms with Crippen LogP contribution in [0.5, 0.6) is 0 Å². The molecule has 2 aliphatic carbocycles. The molecule has 2 N–H and O–H groups in total. The average Bonchev–Trinajstić information content (AvgIpc) is 3.55. The van der Waals surface area contributed by atoms with E-state index in [1.807, 2.05) is 13.8 Å². The van der Waals surface area contributed by atoms with Gasteiger partial charge in [-0.05, 0) is 63.5 Å². The topological polar surface area (TPSA) is 106 Å². The van der Waals surface area contributed by atoms with Crippen molar-refractivity contribution in [2.24, 2.45) is 11.8 Å². The van der Waals surface area contributed by atoms with Crippen LogP contribution in [0.25, 0.3) is 5.78 Å². The van der Waals surface area contributed by atoms with Crippen molar-refractivity contribution < 1.29 is 35.9 Å². The van der Waals surface area contributed by atoms with Gasteiger partial charge >= 0.3 is 6.18 Å². The molecule has 0 radical (unpaired) electrons. The van der Waals surface area contributed by atoms with Crippen LogP contribution in [-0.2, 0) is 4.79 Å². The number of imidazole rings is 1. The van der Waals surface area contributed by atoms with Crippen molar-refractivity contribution in [3.63, 3.8) is 0 Å². The fourth-order valence-corrected chi connectivity index (χ4v) is 5.59. The Hall–Kier alpha value is -3.65. The second-order valence-electron chi connectivity index (χ2n) is 11.7. The van der Waals surface area contributed by atoms with Gasteiger partial charge in [-0.25, -0.2) is 18.7 Å². The Labute approximate surface area is 243 Å². The minimum absolute atomic E-state index is 0.0289. The first kappa shape index (κ1) is 30.8. The molecular formula is C28H33F6N7O2. The molecule has 2 aliphatic rings. The molecule has 0 aliphatic heterocycles. The first-order valence-corrected chi connectivity index (χ1v) is 14.3. The molecule has 5 rings (SSSR count). The maximum Gasteiger partial charge on any atom is 0.389 e. The zero-order valence-corrected chi connectivity index (χ0v) is 23.7. The van der Waals surface area contributed by atoms with Crippen LogP contribution in [-0.4, -0.2) is 48.1 Å². The minimum Gasteiger partial charge on any atom is -0.347 e. The highest BCUT2D eigenvalue weighted by atomic mass is 19.4. The number of halogens is 6. The number of rotatable bonds is 10. The molecule has 0 bridgehead atoms. The van der Waals surface area contributed by atoms with Gasteiger partial charge in [-0.1, -0.05) is 0 Å². The maximum absolute atomic E-state index is 15.9. The van der Waals surface area contributed by atoms with Gasteiger partial charge in [0.1, 0.15) is 11.4 Å². The molecule has 2 atom stereocenters. The molecular weight excluding hydrogens is 580 g/mol. The fourth-order valence-electron chi connectivity index (χ4n) is 5.59. The zero-order chi connectivity index (χ0) is 31.1. The maximum atomic E-state index is 15.9. The summed E-state index contributed by atoms with van der Waals surface area (Å²) >= 11 is 0. The van der Waals surface area contributed by atoms with E-state index in [4.69, 9.17) is 0 Å². The second-order valence-corrected chi connectivity index (χ2v) is 11.7. The molecule has 15 heteroatoms. The molecule has 2 amide bonds. The highest BCUT2D eigenvalue weighted by Crippen LogP contribution is 2.43. The lowest BCUT2D eigenvalue weighted by molar-refractivity contribution is -0.144. The summed E-state index contributed by atoms with van der Waals surface area (Å²) < 4.78 is 84.3. The summed E-state index contributed by atoms with van der Waals surface area (Å²) in [5, 5.41) is 9.59. The van der Waals surface area contributed by atoms with Crippen LogP contribution in [0, 0.1) is 17.8 Å². The first-order chi connectivity index (χ1) is 20.2. The molecule has 2 saturated carbocycles. The summed E-state index contributed by atoms with van der Waals surface area (Å²) in [4.78, 5) is 34.4. The van der Waals surface area contributed by atoms with Crippen molar-refractivity contribution in [2.45, 2.75) is 95.4 Å². The van der Waals surface area contributed by atoms with Crippen molar-refractivity contribution in [2.75, 3.05) is 0 Å². The quantitative estimate of drug-likeness (QED) is 0.279. The number of hydrogen-bond acceptors (Lipinski definition) is 5. The molecule has 0 saturated heterocycles. The number of carbonyl (C=O) groups is 2. The van der Waals surface area contributed by atoms with E-state index in [-0.39, 0.29) is 42.0 Å². The monoisotopic (exact) mass is 613 g/mol. The number of hydrogen-bond donors (Lipinski definition) is 2. The third-order valence-corrected chi connectivity index (χ3v) is 8.05. The lowest BCUT2D eigenvalue weighted by Gasteiger charge is -2.33. The average molecular weight is 614 g/mol. The minimum atomic E-state index is -4.47. The van der Waals surface area contributed by atoms with Gasteiger partial charge in [-0.15, -0.1) is 0 Å². The molecule has 2 unspecified atom stereocenters. The van der Waals surface area contributed by atoms with Crippen molar-refractivity contribution in [3.05, 3.63) is 47.6 Å². The van der Waals surface area contributed by atoms with Gasteiger partial charge in [0.25, 0.3) is 5.91 Å². The van der Waals surface area contributed by atoms with Gasteiger partial charge in [0, 0.05) is 37.7 Å². The molecule has 2 fully saturated rings. The molecule has 3 aromatic rings. The van der Waals surface area contributed by atoms with Crippen molar-refractivity contribution in [1.82, 2.24) is 34.8 Å². The van der Waals surface area contributed by atoms with Crippen LogP contribution in [0.2, 0.25) is 0 Å². The van der Waals surface area contributed by atoms with E-state index in [1.54, 1.807) is 0 Å². The Balaban J connectivity index is 1.44. The van der Waals surface area contributed by atoms with Gasteiger partial charge in [0.2, 0.25) is 23.6 Å². The van der Waals surface area contributed by atoms with Crippen LogP contribution in [0.3, 0.4) is 0 Å². The molecule has 3 aromatic heterocycles. The van der Waals surface area contributed by atoms with Gasteiger partial charge in [0.05, 0.1) is 24.2 Å². The van der Waals surface area contributed by atoms with Gasteiger partial charge in [-0.3, -0.25) is 18.7 Å². The second kappa shape index (κ2) is 11.8. The Bertz CT molecular complexity index is 1470. The third-order valence-electron chi connectivity index (χ3n) is 8.05. The van der Waals surface area contributed by atoms with Gasteiger partial charge in [0.15, 0.2) is 0 Å². The molecule has 3 heterocycles. The van der Waals surface area contributed by atoms with E-state index in [2.05, 4.69) is 25.7 Å². The summed E-state index contributed by atoms with van der Waals surface area (Å²) in [6.07, 6.45) is -2.95. The van der Waals surface area contributed by atoms with Gasteiger partial charge < -0.3 is 10.6 Å². The van der Waals surface area contributed by atoms with Crippen LogP contribution in [0.15, 0.2) is 24.5 Å². The number of nitrogens with zero attached hydrogens (tertiary/aromatic N) is 5. The highest BCUT2D eigenvalue weighted by Gasteiger charge is 2.41. The van der Waals surface area contributed by atoms with Crippen LogP contribution >= 0.6 is 0 Å². The molecule has 234 valence electrons. The normalized spacial score (nSPS) is 19.0. The number of alkyl halides is 5. The van der Waals surface area contributed by atoms with E-state index >= 15 is 4.39 Å². The SMILES string of the molecule is CC(C)n1nccc1C(=O)NC(c1nc2nc(C(NC(=O)CCC(F)(F)F)C3CC3)ccn2c1F)C1CCC(F)(F)CC1. The summed E-state index contributed by atoms with van der Waals surface area (Å²) in [5.41, 5.74) is 0.367. The number of aromatic nitrogens is 5. The Morgan fingerprint density at radius 3 is 2.33 bits per heavy atom. The number of nitrogens with one attached hydrogen (secondary N) is 2. The largest absolute Gasteiger partial charge is 0.389 e. The fraction of sp³-hybridized carbons (Fsp3) is 0.607. The van der Waals surface area contributed by atoms with Crippen molar-refractivity contribution in [3.8, 4) is 0 Å². The van der Waals surface area contributed by atoms with Crippen LogP contribution < -0.4 is 10.6 Å². The summed E-state index contributed by atoms with van der Waals surface area (Å²) in [7, 11) is 0. The van der Waals surface area contributed by atoms with Crippen molar-refractivity contribution >= 4 is 17.6 Å². The van der Waals surface area contributed by atoms with E-state index in [0.29, 0.717) is 5.69 Å². The Morgan fingerprint density at radius 2 is 1.70 bits per heavy atom. The first-order valence-electron chi connectivity index (χ1n) is 14.3. The third kappa shape index (κ3) is 7.12. The standard InChI is InChI=1S/C28H33F6N7O2/c1-15(2)41-19(8-13-35-41)25(43)38-22(17-5-10-27(30,31)11-6-17)23-24(29)40-14-9-18(36-26(40)39-23)21(16-3-4-16)37-20(42)7-12-28(32,33)34/h8-9,13-17,21-22H,3-7,10-12H2,1-2H3,(H,37,42)(H,38,43). The van der Waals surface area contributed by atoms with Crippen molar-refractivity contribution in [1.29, 1.82) is 0 Å². The van der Waals surface area contributed by atoms with E-state index in [1.165, 1.54) is 29.2 Å². The highest BCUT2D eigenvalue weighted by molar-refractivity contribution is 5.92. The summed E-state index contributed by atoms with van der Waals surface area (Å²) in [6.45, 7) is 3.67. The molecule has 0 spiro atoms. The lowest BCUT2D eigenvalue weighted by Crippen LogP contribution is -2.38. The number of amides is 2. The Morgan fingerprint density at radius 1 is 1.02 bits per heavy atom. The van der Waals surface area contributed by atoms with E-state index in [0.717, 1.165) is 17.2 Å². The molecule has 43 heavy (non-hydrogen) atoms. The number of fused-ring (bicyclic) bond motifs is 1. The Kier molecular flexibility index (Phi) is 8.45. The predicted octanol–water partition coefficient (Wildman–Crippen LogP) is 5.85. The molecule has 0 aromatic carbocycles. The molecule has 9 nitrogen and oxygen atoms in total. The van der Waals surface area contributed by atoms with E-state index < -0.39 is 73.5 Å². The van der Waals surface area contributed by atoms with Crippen LogP contribution in [0.4, 0.5) is 26.3 Å². The summed E-state index contributed by atoms with van der Waals surface area (Å²) in [5.74, 6) is -5.68. The number of carbonyl (C=O) groups excluding carboxylic acids is 2. The van der Waals surface area contributed by atoms with Gasteiger partial charge in [-0.2, -0.15) is 22.7 Å². The summed E-state index contributed by atoms with van der Waals surface area (Å²) in [6, 6.07) is 1.10.